The van der Waals surface area contributed by atoms with Crippen molar-refractivity contribution in [2.45, 2.75) is 31.2 Å². The van der Waals surface area contributed by atoms with Gasteiger partial charge in [0, 0.05) is 16.7 Å². The SMILES string of the molecule is COc1cc(Cl)c(C)cc1NC(=O)[C@H](C)Sc1nnc(-c2ccccc2C)o1. The first-order chi connectivity index (χ1) is 13.4. The number of hydrogen-bond donors (Lipinski definition) is 1. The molecule has 6 nitrogen and oxygen atoms in total. The van der Waals surface area contributed by atoms with Gasteiger partial charge in [-0.1, -0.05) is 41.6 Å². The Hall–Kier alpha value is -2.51. The monoisotopic (exact) mass is 417 g/mol. The summed E-state index contributed by atoms with van der Waals surface area (Å²) in [7, 11) is 1.53. The normalized spacial score (nSPS) is 11.9. The molecule has 0 saturated heterocycles. The highest BCUT2D eigenvalue weighted by molar-refractivity contribution is 8.00. The number of aromatic nitrogens is 2. The predicted octanol–water partition coefficient (Wildman–Crippen LogP) is 5.13. The molecule has 3 rings (SSSR count). The van der Waals surface area contributed by atoms with Gasteiger partial charge in [0.25, 0.3) is 5.22 Å². The molecule has 0 unspecified atom stereocenters. The second kappa shape index (κ2) is 8.67. The van der Waals surface area contributed by atoms with Crippen LogP contribution in [0.3, 0.4) is 0 Å². The second-order valence-electron chi connectivity index (χ2n) is 6.24. The van der Waals surface area contributed by atoms with Gasteiger partial charge in [0.1, 0.15) is 5.75 Å². The molecule has 0 aliphatic heterocycles. The van der Waals surface area contributed by atoms with Gasteiger partial charge in [-0.15, -0.1) is 10.2 Å². The van der Waals surface area contributed by atoms with E-state index in [1.54, 1.807) is 19.1 Å². The van der Waals surface area contributed by atoms with Gasteiger partial charge in [-0.25, -0.2) is 0 Å². The van der Waals surface area contributed by atoms with Crippen molar-refractivity contribution in [1.82, 2.24) is 10.2 Å². The number of thioether (sulfide) groups is 1. The number of carbonyl (C=O) groups excluding carboxylic acids is 1. The minimum absolute atomic E-state index is 0.208. The number of methoxy groups -OCH3 is 1. The molecule has 0 aliphatic rings. The van der Waals surface area contributed by atoms with Crippen LogP contribution < -0.4 is 10.1 Å². The van der Waals surface area contributed by atoms with Crippen molar-refractivity contribution in [3.05, 3.63) is 52.5 Å². The summed E-state index contributed by atoms with van der Waals surface area (Å²) in [5, 5.41) is 11.5. The molecule has 146 valence electrons. The van der Waals surface area contributed by atoms with Gasteiger partial charge in [0.2, 0.25) is 11.8 Å². The van der Waals surface area contributed by atoms with Crippen molar-refractivity contribution in [2.75, 3.05) is 12.4 Å². The van der Waals surface area contributed by atoms with Crippen LogP contribution in [0.4, 0.5) is 5.69 Å². The van der Waals surface area contributed by atoms with Crippen molar-refractivity contribution in [2.24, 2.45) is 0 Å². The largest absolute Gasteiger partial charge is 0.495 e. The van der Waals surface area contributed by atoms with E-state index in [0.29, 0.717) is 27.6 Å². The fourth-order valence-electron chi connectivity index (χ4n) is 2.55. The number of nitrogens with zero attached hydrogens (tertiary/aromatic N) is 2. The van der Waals surface area contributed by atoms with Crippen LogP contribution in [-0.2, 0) is 4.79 Å². The summed E-state index contributed by atoms with van der Waals surface area (Å²) in [6.45, 7) is 5.61. The van der Waals surface area contributed by atoms with Gasteiger partial charge < -0.3 is 14.5 Å². The molecule has 0 radical (unpaired) electrons. The van der Waals surface area contributed by atoms with E-state index >= 15 is 0 Å². The molecule has 1 atom stereocenters. The van der Waals surface area contributed by atoms with E-state index in [0.717, 1.165) is 16.7 Å². The van der Waals surface area contributed by atoms with Crippen molar-refractivity contribution < 1.29 is 13.9 Å². The lowest BCUT2D eigenvalue weighted by Crippen LogP contribution is -2.22. The van der Waals surface area contributed by atoms with Gasteiger partial charge in [-0.3, -0.25) is 4.79 Å². The summed E-state index contributed by atoms with van der Waals surface area (Å²) in [6, 6.07) is 11.2. The minimum Gasteiger partial charge on any atom is -0.495 e. The zero-order chi connectivity index (χ0) is 20.3. The summed E-state index contributed by atoms with van der Waals surface area (Å²) in [4.78, 5) is 12.6. The molecule has 3 aromatic rings. The number of halogens is 1. The highest BCUT2D eigenvalue weighted by Crippen LogP contribution is 2.32. The minimum atomic E-state index is -0.453. The Morgan fingerprint density at radius 3 is 2.68 bits per heavy atom. The molecule has 0 bridgehead atoms. The molecule has 1 N–H and O–H groups in total. The molecule has 1 amide bonds. The third kappa shape index (κ3) is 4.48. The highest BCUT2D eigenvalue weighted by Gasteiger charge is 2.21. The maximum atomic E-state index is 12.6. The van der Waals surface area contributed by atoms with E-state index in [-0.39, 0.29) is 5.91 Å². The second-order valence-corrected chi connectivity index (χ2v) is 7.94. The van der Waals surface area contributed by atoms with Crippen LogP contribution in [0, 0.1) is 13.8 Å². The third-order valence-electron chi connectivity index (χ3n) is 4.17. The summed E-state index contributed by atoms with van der Waals surface area (Å²) < 4.78 is 11.0. The van der Waals surface area contributed by atoms with Crippen molar-refractivity contribution in [3.63, 3.8) is 0 Å². The topological polar surface area (TPSA) is 77.2 Å². The molecule has 0 spiro atoms. The number of aryl methyl sites for hydroxylation is 2. The van der Waals surface area contributed by atoms with Crippen molar-refractivity contribution in [3.8, 4) is 17.2 Å². The average molecular weight is 418 g/mol. The van der Waals surface area contributed by atoms with Gasteiger partial charge in [-0.05, 0) is 44.0 Å². The van der Waals surface area contributed by atoms with Crippen LogP contribution in [0.2, 0.25) is 5.02 Å². The van der Waals surface area contributed by atoms with Crippen molar-refractivity contribution >= 4 is 35.0 Å². The zero-order valence-electron chi connectivity index (χ0n) is 15.9. The van der Waals surface area contributed by atoms with Crippen LogP contribution in [0.25, 0.3) is 11.5 Å². The van der Waals surface area contributed by atoms with E-state index in [1.807, 2.05) is 38.1 Å². The van der Waals surface area contributed by atoms with Gasteiger partial charge in [0.15, 0.2) is 0 Å². The first-order valence-electron chi connectivity index (χ1n) is 8.60. The van der Waals surface area contributed by atoms with Crippen LogP contribution in [-0.4, -0.2) is 28.5 Å². The molecule has 2 aromatic carbocycles. The Morgan fingerprint density at radius 2 is 1.96 bits per heavy atom. The lowest BCUT2D eigenvalue weighted by atomic mass is 10.1. The van der Waals surface area contributed by atoms with E-state index < -0.39 is 5.25 Å². The molecule has 1 aromatic heterocycles. The lowest BCUT2D eigenvalue weighted by Gasteiger charge is -2.14. The number of anilines is 1. The number of hydrogen-bond acceptors (Lipinski definition) is 6. The first kappa shape index (κ1) is 20.2. The number of carbonyl (C=O) groups is 1. The Balaban J connectivity index is 1.70. The summed E-state index contributed by atoms with van der Waals surface area (Å²) in [6.07, 6.45) is 0. The van der Waals surface area contributed by atoms with E-state index in [9.17, 15) is 4.79 Å². The van der Waals surface area contributed by atoms with E-state index in [4.69, 9.17) is 20.8 Å². The van der Waals surface area contributed by atoms with E-state index in [2.05, 4.69) is 15.5 Å². The molecular weight excluding hydrogens is 398 g/mol. The van der Waals surface area contributed by atoms with E-state index in [1.165, 1.54) is 18.9 Å². The molecular formula is C20H20ClN3O3S. The van der Waals surface area contributed by atoms with Crippen LogP contribution in [0.1, 0.15) is 18.1 Å². The fraction of sp³-hybridized carbons (Fsp3) is 0.250. The Labute approximate surface area is 172 Å². The summed E-state index contributed by atoms with van der Waals surface area (Å²) >= 11 is 7.30. The molecule has 0 saturated carbocycles. The van der Waals surface area contributed by atoms with Crippen LogP contribution >= 0.6 is 23.4 Å². The Bertz CT molecular complexity index is 1010. The molecule has 8 heteroatoms. The quantitative estimate of drug-likeness (QED) is 0.560. The number of ether oxygens (including phenoxy) is 1. The Morgan fingerprint density at radius 1 is 1.21 bits per heavy atom. The lowest BCUT2D eigenvalue weighted by molar-refractivity contribution is -0.115. The van der Waals surface area contributed by atoms with Gasteiger partial charge in [-0.2, -0.15) is 0 Å². The van der Waals surface area contributed by atoms with Crippen LogP contribution in [0.15, 0.2) is 46.0 Å². The number of nitrogens with one attached hydrogen (secondary N) is 1. The fourth-order valence-corrected chi connectivity index (χ4v) is 3.39. The molecule has 0 aliphatic carbocycles. The van der Waals surface area contributed by atoms with Crippen LogP contribution in [0.5, 0.6) is 5.75 Å². The maximum absolute atomic E-state index is 12.6. The number of benzene rings is 2. The highest BCUT2D eigenvalue weighted by atomic mass is 35.5. The third-order valence-corrected chi connectivity index (χ3v) is 5.51. The summed E-state index contributed by atoms with van der Waals surface area (Å²) in [5.41, 5.74) is 3.32. The Kier molecular flexibility index (Phi) is 6.26. The van der Waals surface area contributed by atoms with Gasteiger partial charge in [0.05, 0.1) is 18.0 Å². The molecule has 28 heavy (non-hydrogen) atoms. The molecule has 0 fully saturated rings. The zero-order valence-corrected chi connectivity index (χ0v) is 17.5. The standard InChI is InChI=1S/C20H20ClN3O3S/c1-11-7-5-6-8-14(11)19-23-24-20(27-19)28-13(3)18(25)22-16-9-12(2)15(21)10-17(16)26-4/h5-10,13H,1-4H3,(H,22,25)/t13-/m0/s1. The summed E-state index contributed by atoms with van der Waals surface area (Å²) in [5.74, 6) is 0.727. The average Bonchev–Trinajstić information content (AvgIpc) is 3.13. The maximum Gasteiger partial charge on any atom is 0.277 e. The first-order valence-corrected chi connectivity index (χ1v) is 9.86. The predicted molar refractivity (Wildman–Crippen MR) is 111 cm³/mol. The van der Waals surface area contributed by atoms with Crippen molar-refractivity contribution in [1.29, 1.82) is 0 Å². The van der Waals surface area contributed by atoms with Gasteiger partial charge >= 0.3 is 0 Å². The smallest absolute Gasteiger partial charge is 0.277 e. The number of rotatable bonds is 6. The molecule has 1 heterocycles. The number of amides is 1.